The molecule has 0 atom stereocenters. The molecule has 0 aromatic heterocycles. The van der Waals surface area contributed by atoms with Crippen molar-refractivity contribution in [3.8, 4) is 0 Å². The Morgan fingerprint density at radius 2 is 2.10 bits per heavy atom. The number of esters is 1. The Hall–Kier alpha value is -1.92. The van der Waals surface area contributed by atoms with Crippen LogP contribution in [-0.2, 0) is 9.53 Å². The van der Waals surface area contributed by atoms with Gasteiger partial charge in [0, 0.05) is 6.54 Å². The Morgan fingerprint density at radius 1 is 1.43 bits per heavy atom. The minimum absolute atomic E-state index is 0.123. The molecule has 108 valence electrons. The molecule has 0 spiro atoms. The first kappa shape index (κ1) is 15.5. The molecule has 0 aliphatic carbocycles. The molecule has 1 saturated heterocycles. The third-order valence-electron chi connectivity index (χ3n) is 2.81. The lowest BCUT2D eigenvalue weighted by Gasteiger charge is -2.10. The van der Waals surface area contributed by atoms with Crippen molar-refractivity contribution in [3.05, 3.63) is 53.0 Å². The maximum atomic E-state index is 12.2. The van der Waals surface area contributed by atoms with E-state index in [4.69, 9.17) is 12.2 Å². The van der Waals surface area contributed by atoms with Crippen LogP contribution in [0.4, 0.5) is 0 Å². The van der Waals surface area contributed by atoms with Crippen molar-refractivity contribution in [1.29, 1.82) is 0 Å². The molecule has 1 aromatic carbocycles. The molecule has 0 radical (unpaired) electrons. The van der Waals surface area contributed by atoms with Crippen molar-refractivity contribution >= 4 is 46.3 Å². The number of amides is 1. The summed E-state index contributed by atoms with van der Waals surface area (Å²) < 4.78 is 5.16. The van der Waals surface area contributed by atoms with E-state index in [-0.39, 0.29) is 11.9 Å². The van der Waals surface area contributed by atoms with Crippen molar-refractivity contribution < 1.29 is 14.3 Å². The highest BCUT2D eigenvalue weighted by atomic mass is 32.2. The van der Waals surface area contributed by atoms with Crippen LogP contribution in [0.15, 0.2) is 41.8 Å². The Balaban J connectivity index is 2.20. The van der Waals surface area contributed by atoms with E-state index in [1.165, 1.54) is 23.8 Å². The van der Waals surface area contributed by atoms with E-state index in [9.17, 15) is 9.59 Å². The molecular weight excluding hydrogens is 306 g/mol. The zero-order chi connectivity index (χ0) is 15.4. The standard InChI is InChI=1S/C15H13NO3S2/c1-3-8-16-13(17)12(21-15(16)20)9-10-4-6-11(7-5-10)14(18)19-2/h3-7,9H,1,8H2,2H3/b12-9-. The summed E-state index contributed by atoms with van der Waals surface area (Å²) in [5.74, 6) is -0.513. The second kappa shape index (κ2) is 6.69. The van der Waals surface area contributed by atoms with Crippen LogP contribution in [-0.4, -0.2) is 34.8 Å². The van der Waals surface area contributed by atoms with E-state index in [1.54, 1.807) is 36.4 Å². The normalized spacial score (nSPS) is 16.4. The van der Waals surface area contributed by atoms with Gasteiger partial charge in [-0.2, -0.15) is 0 Å². The fourth-order valence-electron chi connectivity index (χ4n) is 1.77. The number of ether oxygens (including phenoxy) is 1. The van der Waals surface area contributed by atoms with Crippen LogP contribution >= 0.6 is 24.0 Å². The van der Waals surface area contributed by atoms with Crippen LogP contribution in [0.25, 0.3) is 6.08 Å². The summed E-state index contributed by atoms with van der Waals surface area (Å²) in [4.78, 5) is 25.6. The summed E-state index contributed by atoms with van der Waals surface area (Å²) in [6, 6.07) is 6.82. The van der Waals surface area contributed by atoms with Crippen LogP contribution < -0.4 is 0 Å². The average molecular weight is 319 g/mol. The van der Waals surface area contributed by atoms with Crippen molar-refractivity contribution in [2.45, 2.75) is 0 Å². The van der Waals surface area contributed by atoms with Crippen LogP contribution in [0.3, 0.4) is 0 Å². The number of rotatable bonds is 4. The Kier molecular flexibility index (Phi) is 4.93. The summed E-state index contributed by atoms with van der Waals surface area (Å²) in [6.45, 7) is 4.02. The quantitative estimate of drug-likeness (QED) is 0.370. The summed E-state index contributed by atoms with van der Waals surface area (Å²) in [5.41, 5.74) is 1.29. The maximum Gasteiger partial charge on any atom is 0.337 e. The molecule has 0 N–H and O–H groups in total. The van der Waals surface area contributed by atoms with Gasteiger partial charge >= 0.3 is 5.97 Å². The predicted molar refractivity (Wildman–Crippen MR) is 87.9 cm³/mol. The molecule has 6 heteroatoms. The predicted octanol–water partition coefficient (Wildman–Crippen LogP) is 2.86. The minimum atomic E-state index is -0.390. The van der Waals surface area contributed by atoms with Crippen molar-refractivity contribution in [2.24, 2.45) is 0 Å². The number of carbonyl (C=O) groups is 2. The van der Waals surface area contributed by atoms with Gasteiger partial charge < -0.3 is 4.74 Å². The molecule has 1 heterocycles. The number of hydrogen-bond donors (Lipinski definition) is 0. The molecule has 0 bridgehead atoms. The number of benzene rings is 1. The number of thiocarbonyl (C=S) groups is 1. The van der Waals surface area contributed by atoms with Gasteiger partial charge in [0.1, 0.15) is 4.32 Å². The minimum Gasteiger partial charge on any atom is -0.465 e. The average Bonchev–Trinajstić information content (AvgIpc) is 2.75. The topological polar surface area (TPSA) is 46.6 Å². The molecule has 2 rings (SSSR count). The lowest BCUT2D eigenvalue weighted by Crippen LogP contribution is -2.27. The number of hydrogen-bond acceptors (Lipinski definition) is 5. The number of thioether (sulfide) groups is 1. The van der Waals surface area contributed by atoms with Gasteiger partial charge in [-0.3, -0.25) is 9.69 Å². The van der Waals surface area contributed by atoms with E-state index in [2.05, 4.69) is 11.3 Å². The zero-order valence-electron chi connectivity index (χ0n) is 11.4. The van der Waals surface area contributed by atoms with Crippen molar-refractivity contribution in [3.63, 3.8) is 0 Å². The molecule has 1 amide bonds. The summed E-state index contributed by atoms with van der Waals surface area (Å²) in [6.07, 6.45) is 3.39. The summed E-state index contributed by atoms with van der Waals surface area (Å²) >= 11 is 6.43. The highest BCUT2D eigenvalue weighted by molar-refractivity contribution is 8.26. The monoisotopic (exact) mass is 319 g/mol. The molecule has 1 aliphatic heterocycles. The molecule has 0 saturated carbocycles. The largest absolute Gasteiger partial charge is 0.465 e. The van der Waals surface area contributed by atoms with E-state index in [0.717, 1.165) is 5.56 Å². The van der Waals surface area contributed by atoms with Crippen molar-refractivity contribution in [2.75, 3.05) is 13.7 Å². The molecule has 1 aromatic rings. The van der Waals surface area contributed by atoms with Gasteiger partial charge in [0.05, 0.1) is 17.6 Å². The molecule has 21 heavy (non-hydrogen) atoms. The summed E-state index contributed by atoms with van der Waals surface area (Å²) in [5, 5.41) is 0. The first-order valence-corrected chi connectivity index (χ1v) is 7.34. The van der Waals surface area contributed by atoms with Gasteiger partial charge in [0.25, 0.3) is 5.91 Å². The molecular formula is C15H13NO3S2. The van der Waals surface area contributed by atoms with E-state index in [1.807, 2.05) is 0 Å². The highest BCUT2D eigenvalue weighted by Gasteiger charge is 2.30. The fraction of sp³-hybridized carbons (Fsp3) is 0.133. The molecule has 1 fully saturated rings. The molecule has 0 unspecified atom stereocenters. The van der Waals surface area contributed by atoms with Crippen molar-refractivity contribution in [1.82, 2.24) is 4.90 Å². The highest BCUT2D eigenvalue weighted by Crippen LogP contribution is 2.32. The van der Waals surface area contributed by atoms with Gasteiger partial charge in [0.2, 0.25) is 0 Å². The van der Waals surface area contributed by atoms with Crippen LogP contribution in [0.1, 0.15) is 15.9 Å². The van der Waals surface area contributed by atoms with Gasteiger partial charge in [-0.15, -0.1) is 6.58 Å². The zero-order valence-corrected chi connectivity index (χ0v) is 13.0. The van der Waals surface area contributed by atoms with Gasteiger partial charge in [-0.05, 0) is 23.8 Å². The molecule has 4 nitrogen and oxygen atoms in total. The fourth-order valence-corrected chi connectivity index (χ4v) is 3.05. The number of carbonyl (C=O) groups excluding carboxylic acids is 2. The van der Waals surface area contributed by atoms with Crippen LogP contribution in [0, 0.1) is 0 Å². The van der Waals surface area contributed by atoms with E-state index >= 15 is 0 Å². The van der Waals surface area contributed by atoms with E-state index in [0.29, 0.717) is 21.3 Å². The maximum absolute atomic E-state index is 12.2. The second-order valence-electron chi connectivity index (χ2n) is 4.19. The first-order valence-electron chi connectivity index (χ1n) is 6.11. The van der Waals surface area contributed by atoms with E-state index < -0.39 is 0 Å². The Morgan fingerprint density at radius 3 is 2.67 bits per heavy atom. The van der Waals surface area contributed by atoms with Gasteiger partial charge in [-0.1, -0.05) is 42.2 Å². The van der Waals surface area contributed by atoms with Crippen LogP contribution in [0.2, 0.25) is 0 Å². The smallest absolute Gasteiger partial charge is 0.337 e. The Labute approximate surface area is 132 Å². The third-order valence-corrected chi connectivity index (χ3v) is 4.19. The van der Waals surface area contributed by atoms with Crippen LogP contribution in [0.5, 0.6) is 0 Å². The molecule has 1 aliphatic rings. The van der Waals surface area contributed by atoms with Gasteiger partial charge in [0.15, 0.2) is 0 Å². The number of methoxy groups -OCH3 is 1. The third kappa shape index (κ3) is 3.40. The first-order chi connectivity index (χ1) is 10.1. The van der Waals surface area contributed by atoms with Gasteiger partial charge in [-0.25, -0.2) is 4.79 Å². The summed E-state index contributed by atoms with van der Waals surface area (Å²) in [7, 11) is 1.33. The SMILES string of the molecule is C=CCN1C(=O)/C(=C/c2ccc(C(=O)OC)cc2)SC1=S. The number of nitrogens with zero attached hydrogens (tertiary/aromatic N) is 1. The second-order valence-corrected chi connectivity index (χ2v) is 5.87. The lowest BCUT2D eigenvalue weighted by molar-refractivity contribution is -0.121. The Bertz CT molecular complexity index is 635. The lowest BCUT2D eigenvalue weighted by atomic mass is 10.1.